The summed E-state index contributed by atoms with van der Waals surface area (Å²) in [7, 11) is 0. The molecule has 0 atom stereocenters. The minimum absolute atomic E-state index is 0.245. The van der Waals surface area contributed by atoms with Gasteiger partial charge in [-0.3, -0.25) is 4.79 Å². The Labute approximate surface area is 81.3 Å². The molecule has 0 saturated carbocycles. The van der Waals surface area contributed by atoms with Crippen molar-refractivity contribution in [2.24, 2.45) is 5.73 Å². The SMILES string of the molecule is CCC(N)=O.c1ccc2n[nH]nc2c1. The molecule has 5 heteroatoms. The zero-order valence-corrected chi connectivity index (χ0v) is 7.90. The van der Waals surface area contributed by atoms with E-state index in [1.165, 1.54) is 0 Å². The van der Waals surface area contributed by atoms with Gasteiger partial charge in [0.1, 0.15) is 11.0 Å². The van der Waals surface area contributed by atoms with E-state index in [1.807, 2.05) is 24.3 Å². The van der Waals surface area contributed by atoms with Gasteiger partial charge in [-0.2, -0.15) is 15.4 Å². The van der Waals surface area contributed by atoms with E-state index in [0.717, 1.165) is 11.0 Å². The van der Waals surface area contributed by atoms with Crippen LogP contribution < -0.4 is 5.73 Å². The summed E-state index contributed by atoms with van der Waals surface area (Å²) in [4.78, 5) is 9.59. The third-order valence-corrected chi connectivity index (χ3v) is 1.57. The summed E-state index contributed by atoms with van der Waals surface area (Å²) in [6.45, 7) is 1.72. The topological polar surface area (TPSA) is 84.7 Å². The molecule has 0 aliphatic rings. The molecule has 5 nitrogen and oxygen atoms in total. The normalized spacial score (nSPS) is 9.21. The predicted molar refractivity (Wildman–Crippen MR) is 53.4 cm³/mol. The number of fused-ring (bicyclic) bond motifs is 1. The lowest BCUT2D eigenvalue weighted by Crippen LogP contribution is -2.06. The van der Waals surface area contributed by atoms with E-state index in [-0.39, 0.29) is 5.91 Å². The molecule has 1 amide bonds. The van der Waals surface area contributed by atoms with Gasteiger partial charge >= 0.3 is 0 Å². The molecule has 0 unspecified atom stereocenters. The lowest BCUT2D eigenvalue weighted by atomic mass is 10.3. The zero-order chi connectivity index (χ0) is 10.4. The fourth-order valence-electron chi connectivity index (χ4n) is 0.786. The van der Waals surface area contributed by atoms with Crippen LogP contribution in [0.1, 0.15) is 13.3 Å². The van der Waals surface area contributed by atoms with Crippen molar-refractivity contribution in [3.63, 3.8) is 0 Å². The quantitative estimate of drug-likeness (QED) is 0.702. The van der Waals surface area contributed by atoms with Crippen LogP contribution in [-0.4, -0.2) is 21.3 Å². The number of aromatic amines is 1. The van der Waals surface area contributed by atoms with Crippen LogP contribution in [0, 0.1) is 0 Å². The molecular weight excluding hydrogens is 180 g/mol. The molecule has 2 aromatic rings. The summed E-state index contributed by atoms with van der Waals surface area (Å²) < 4.78 is 0. The number of amides is 1. The second kappa shape index (κ2) is 4.96. The van der Waals surface area contributed by atoms with Gasteiger partial charge in [-0.15, -0.1) is 0 Å². The molecule has 0 bridgehead atoms. The standard InChI is InChI=1S/C6H5N3.C3H7NO/c1-2-4-6-5(3-1)7-9-8-6;1-2-3(4)5/h1-4H,(H,7,8,9);2H2,1H3,(H2,4,5). The first-order valence-corrected chi connectivity index (χ1v) is 4.28. The second-order valence-corrected chi connectivity index (χ2v) is 2.63. The number of nitrogens with two attached hydrogens (primary N) is 1. The number of nitrogens with one attached hydrogen (secondary N) is 1. The van der Waals surface area contributed by atoms with Crippen molar-refractivity contribution >= 4 is 16.9 Å². The van der Waals surface area contributed by atoms with Crippen LogP contribution in [-0.2, 0) is 4.79 Å². The van der Waals surface area contributed by atoms with Crippen LogP contribution in [0.5, 0.6) is 0 Å². The van der Waals surface area contributed by atoms with Gasteiger partial charge in [0.2, 0.25) is 5.91 Å². The lowest BCUT2D eigenvalue weighted by molar-refractivity contribution is -0.117. The Morgan fingerprint density at radius 3 is 2.14 bits per heavy atom. The number of aromatic nitrogens is 3. The predicted octanol–water partition coefficient (Wildman–Crippen LogP) is 0.840. The molecule has 0 aliphatic heterocycles. The number of carbonyl (C=O) groups is 1. The van der Waals surface area contributed by atoms with Crippen molar-refractivity contribution < 1.29 is 4.79 Å². The Morgan fingerprint density at radius 1 is 1.36 bits per heavy atom. The largest absolute Gasteiger partial charge is 0.370 e. The average molecular weight is 192 g/mol. The number of benzene rings is 1. The van der Waals surface area contributed by atoms with E-state index in [4.69, 9.17) is 0 Å². The Kier molecular flexibility index (Phi) is 3.60. The zero-order valence-electron chi connectivity index (χ0n) is 7.90. The number of para-hydroxylation sites is 2. The maximum atomic E-state index is 9.59. The molecule has 1 heterocycles. The highest BCUT2D eigenvalue weighted by molar-refractivity contribution is 5.73. The number of H-pyrrole nitrogens is 1. The smallest absolute Gasteiger partial charge is 0.217 e. The Balaban J connectivity index is 0.000000171. The Morgan fingerprint density at radius 2 is 1.79 bits per heavy atom. The van der Waals surface area contributed by atoms with Crippen LogP contribution in [0.15, 0.2) is 24.3 Å². The molecule has 1 aromatic heterocycles. The molecule has 0 fully saturated rings. The van der Waals surface area contributed by atoms with Gasteiger partial charge in [0, 0.05) is 6.42 Å². The molecular formula is C9H12N4O. The number of carbonyl (C=O) groups excluding carboxylic acids is 1. The minimum Gasteiger partial charge on any atom is -0.370 e. The molecule has 2 rings (SSSR count). The number of primary amides is 1. The van der Waals surface area contributed by atoms with Crippen LogP contribution in [0.25, 0.3) is 11.0 Å². The van der Waals surface area contributed by atoms with E-state index in [2.05, 4.69) is 21.1 Å². The van der Waals surface area contributed by atoms with E-state index < -0.39 is 0 Å². The van der Waals surface area contributed by atoms with Crippen molar-refractivity contribution in [1.29, 1.82) is 0 Å². The van der Waals surface area contributed by atoms with Gasteiger partial charge in [0.05, 0.1) is 0 Å². The van der Waals surface area contributed by atoms with E-state index in [9.17, 15) is 4.79 Å². The third kappa shape index (κ3) is 2.85. The summed E-state index contributed by atoms with van der Waals surface area (Å²) in [6, 6.07) is 7.70. The highest BCUT2D eigenvalue weighted by Gasteiger charge is 1.90. The average Bonchev–Trinajstić information content (AvgIpc) is 2.66. The van der Waals surface area contributed by atoms with Crippen molar-refractivity contribution in [2.75, 3.05) is 0 Å². The molecule has 1 aromatic carbocycles. The summed E-state index contributed by atoms with van der Waals surface area (Å²) >= 11 is 0. The summed E-state index contributed by atoms with van der Waals surface area (Å²) in [5, 5.41) is 10.3. The number of hydrogen-bond acceptors (Lipinski definition) is 3. The van der Waals surface area contributed by atoms with E-state index in [0.29, 0.717) is 6.42 Å². The molecule has 74 valence electrons. The number of rotatable bonds is 1. The van der Waals surface area contributed by atoms with E-state index >= 15 is 0 Å². The van der Waals surface area contributed by atoms with Crippen molar-refractivity contribution in [1.82, 2.24) is 15.4 Å². The van der Waals surface area contributed by atoms with Crippen LogP contribution in [0.3, 0.4) is 0 Å². The highest BCUT2D eigenvalue weighted by atomic mass is 16.1. The first-order valence-electron chi connectivity index (χ1n) is 4.28. The van der Waals surface area contributed by atoms with Gasteiger partial charge in [0.15, 0.2) is 0 Å². The molecule has 3 N–H and O–H groups in total. The summed E-state index contributed by atoms with van der Waals surface area (Å²) in [5.74, 6) is -0.245. The number of hydrogen-bond donors (Lipinski definition) is 2. The molecule has 0 saturated heterocycles. The van der Waals surface area contributed by atoms with Crippen LogP contribution >= 0.6 is 0 Å². The van der Waals surface area contributed by atoms with Gasteiger partial charge in [-0.05, 0) is 12.1 Å². The van der Waals surface area contributed by atoms with Gasteiger partial charge in [-0.1, -0.05) is 19.1 Å². The van der Waals surface area contributed by atoms with Gasteiger partial charge in [-0.25, -0.2) is 0 Å². The first-order chi connectivity index (χ1) is 6.74. The number of nitrogens with zero attached hydrogens (tertiary/aromatic N) is 2. The first kappa shape index (κ1) is 10.2. The van der Waals surface area contributed by atoms with Crippen molar-refractivity contribution in [3.8, 4) is 0 Å². The fourth-order valence-corrected chi connectivity index (χ4v) is 0.786. The monoisotopic (exact) mass is 192 g/mol. The molecule has 14 heavy (non-hydrogen) atoms. The second-order valence-electron chi connectivity index (χ2n) is 2.63. The molecule has 0 aliphatic carbocycles. The minimum atomic E-state index is -0.245. The lowest BCUT2D eigenvalue weighted by Gasteiger charge is -1.78. The summed E-state index contributed by atoms with van der Waals surface area (Å²) in [6.07, 6.45) is 0.444. The van der Waals surface area contributed by atoms with Crippen molar-refractivity contribution in [3.05, 3.63) is 24.3 Å². The Bertz CT molecular complexity index is 380. The fraction of sp³-hybridized carbons (Fsp3) is 0.222. The Hall–Kier alpha value is -1.91. The molecule has 0 radical (unpaired) electrons. The van der Waals surface area contributed by atoms with Crippen molar-refractivity contribution in [2.45, 2.75) is 13.3 Å². The van der Waals surface area contributed by atoms with Gasteiger partial charge in [0.25, 0.3) is 0 Å². The molecule has 0 spiro atoms. The van der Waals surface area contributed by atoms with Crippen LogP contribution in [0.4, 0.5) is 0 Å². The highest BCUT2D eigenvalue weighted by Crippen LogP contribution is 2.03. The maximum Gasteiger partial charge on any atom is 0.217 e. The van der Waals surface area contributed by atoms with E-state index in [1.54, 1.807) is 6.92 Å². The third-order valence-electron chi connectivity index (χ3n) is 1.57. The maximum absolute atomic E-state index is 9.59. The van der Waals surface area contributed by atoms with Crippen LogP contribution in [0.2, 0.25) is 0 Å². The van der Waals surface area contributed by atoms with Gasteiger partial charge < -0.3 is 5.73 Å². The summed E-state index contributed by atoms with van der Waals surface area (Å²) in [5.41, 5.74) is 6.48.